The molecule has 0 aliphatic carbocycles. The summed E-state index contributed by atoms with van der Waals surface area (Å²) in [5, 5.41) is 16.1. The lowest BCUT2D eigenvalue weighted by atomic mass is 10.0. The normalized spacial score (nSPS) is 11.6. The van der Waals surface area contributed by atoms with Crippen LogP contribution >= 0.6 is 11.8 Å². The zero-order valence-electron chi connectivity index (χ0n) is 20.1. The van der Waals surface area contributed by atoms with E-state index in [4.69, 9.17) is 0 Å². The molecule has 5 aromatic rings. The van der Waals surface area contributed by atoms with Gasteiger partial charge in [-0.2, -0.15) is 5.10 Å². The molecule has 5 rings (SSSR count). The number of hydrogen-bond acceptors (Lipinski definition) is 5. The predicted molar refractivity (Wildman–Crippen MR) is 147 cm³/mol. The van der Waals surface area contributed by atoms with Gasteiger partial charge in [0.25, 0.3) is 5.91 Å². The number of carbonyl (C=O) groups is 1. The Morgan fingerprint density at radius 2 is 1.61 bits per heavy atom. The average molecular weight is 492 g/mol. The quantitative estimate of drug-likeness (QED) is 0.171. The van der Waals surface area contributed by atoms with Gasteiger partial charge in [-0.1, -0.05) is 102 Å². The monoisotopic (exact) mass is 491 g/mol. The third-order valence-corrected chi connectivity index (χ3v) is 6.75. The minimum atomic E-state index is -0.209. The highest BCUT2D eigenvalue weighted by Gasteiger charge is 2.17. The highest BCUT2D eigenvalue weighted by Crippen LogP contribution is 2.28. The highest BCUT2D eigenvalue weighted by atomic mass is 32.2. The van der Waals surface area contributed by atoms with E-state index in [1.54, 1.807) is 0 Å². The second-order valence-electron chi connectivity index (χ2n) is 8.39. The minimum absolute atomic E-state index is 0.158. The number of para-hydroxylation sites is 1. The SMILES string of the molecule is C/C(=N/NC(=O)CSc1nnc(-c2ccc(C)cc2)n1-c1ccccc1)c1cccc2ccccc12. The van der Waals surface area contributed by atoms with Crippen molar-refractivity contribution in [3.63, 3.8) is 0 Å². The second-order valence-corrected chi connectivity index (χ2v) is 9.33. The number of fused-ring (bicyclic) bond motifs is 1. The van der Waals surface area contributed by atoms with Crippen molar-refractivity contribution in [1.82, 2.24) is 20.2 Å². The third-order valence-electron chi connectivity index (χ3n) is 5.82. The van der Waals surface area contributed by atoms with Gasteiger partial charge in [0.15, 0.2) is 11.0 Å². The molecule has 1 N–H and O–H groups in total. The molecule has 0 fully saturated rings. The van der Waals surface area contributed by atoms with Crippen LogP contribution in [0, 0.1) is 6.92 Å². The van der Waals surface area contributed by atoms with E-state index in [9.17, 15) is 4.79 Å². The number of hydrogen-bond donors (Lipinski definition) is 1. The summed E-state index contributed by atoms with van der Waals surface area (Å²) in [7, 11) is 0. The van der Waals surface area contributed by atoms with E-state index in [0.29, 0.717) is 5.16 Å². The summed E-state index contributed by atoms with van der Waals surface area (Å²) in [5.41, 5.74) is 7.51. The van der Waals surface area contributed by atoms with Gasteiger partial charge in [0.05, 0.1) is 11.5 Å². The first-order chi connectivity index (χ1) is 17.6. The highest BCUT2D eigenvalue weighted by molar-refractivity contribution is 7.99. The lowest BCUT2D eigenvalue weighted by molar-refractivity contribution is -0.118. The van der Waals surface area contributed by atoms with Crippen molar-refractivity contribution in [3.05, 3.63) is 108 Å². The third kappa shape index (κ3) is 5.06. The molecule has 0 atom stereocenters. The Balaban J connectivity index is 1.34. The summed E-state index contributed by atoms with van der Waals surface area (Å²) in [6, 6.07) is 32.3. The zero-order valence-corrected chi connectivity index (χ0v) is 20.9. The van der Waals surface area contributed by atoms with Gasteiger partial charge in [0.1, 0.15) is 0 Å². The molecule has 0 saturated heterocycles. The van der Waals surface area contributed by atoms with E-state index in [1.807, 2.05) is 78.2 Å². The van der Waals surface area contributed by atoms with Crippen LogP contribution in [0.1, 0.15) is 18.1 Å². The number of benzene rings is 4. The standard InChI is InChI=1S/C29H25N5OS/c1-20-15-17-23(18-16-20)28-32-33-29(34(28)24-11-4-3-5-12-24)36-19-27(35)31-30-21(2)25-14-8-10-22-9-6-7-13-26(22)25/h3-18H,19H2,1-2H3,(H,31,35)/b30-21-. The summed E-state index contributed by atoms with van der Waals surface area (Å²) < 4.78 is 1.98. The molecule has 1 heterocycles. The molecular weight excluding hydrogens is 466 g/mol. The van der Waals surface area contributed by atoms with Crippen LogP contribution in [0.5, 0.6) is 0 Å². The molecule has 0 radical (unpaired) electrons. The van der Waals surface area contributed by atoms with Gasteiger partial charge in [-0.3, -0.25) is 9.36 Å². The van der Waals surface area contributed by atoms with Crippen molar-refractivity contribution in [3.8, 4) is 17.1 Å². The molecule has 0 bridgehead atoms. The number of rotatable bonds is 7. The Morgan fingerprint density at radius 3 is 2.42 bits per heavy atom. The molecule has 1 aromatic heterocycles. The summed E-state index contributed by atoms with van der Waals surface area (Å²) >= 11 is 1.33. The molecule has 178 valence electrons. The number of aromatic nitrogens is 3. The Bertz CT molecular complexity index is 1540. The number of amides is 1. The Kier molecular flexibility index (Phi) is 6.91. The van der Waals surface area contributed by atoms with Gasteiger partial charge in [-0.15, -0.1) is 10.2 Å². The molecule has 0 spiro atoms. The van der Waals surface area contributed by atoms with Crippen LogP contribution < -0.4 is 5.43 Å². The van der Waals surface area contributed by atoms with Crippen molar-refractivity contribution in [1.29, 1.82) is 0 Å². The zero-order chi connectivity index (χ0) is 24.9. The van der Waals surface area contributed by atoms with Crippen LogP contribution in [0.25, 0.3) is 27.8 Å². The topological polar surface area (TPSA) is 72.2 Å². The largest absolute Gasteiger partial charge is 0.272 e. The van der Waals surface area contributed by atoms with E-state index in [0.717, 1.165) is 39.1 Å². The maximum Gasteiger partial charge on any atom is 0.250 e. The Hall–Kier alpha value is -4.23. The fraction of sp³-hybridized carbons (Fsp3) is 0.103. The van der Waals surface area contributed by atoms with Crippen molar-refractivity contribution in [2.24, 2.45) is 5.10 Å². The maximum absolute atomic E-state index is 12.7. The molecule has 1 amide bonds. The molecule has 36 heavy (non-hydrogen) atoms. The number of hydrazone groups is 1. The van der Waals surface area contributed by atoms with E-state index in [-0.39, 0.29) is 11.7 Å². The van der Waals surface area contributed by atoms with Gasteiger partial charge >= 0.3 is 0 Å². The lowest BCUT2D eigenvalue weighted by Gasteiger charge is -2.10. The van der Waals surface area contributed by atoms with Crippen LogP contribution in [0.4, 0.5) is 0 Å². The smallest absolute Gasteiger partial charge is 0.250 e. The lowest BCUT2D eigenvalue weighted by Crippen LogP contribution is -2.21. The minimum Gasteiger partial charge on any atom is -0.272 e. The molecule has 7 heteroatoms. The van der Waals surface area contributed by atoms with Gasteiger partial charge < -0.3 is 0 Å². The fourth-order valence-corrected chi connectivity index (χ4v) is 4.72. The molecule has 0 aliphatic rings. The van der Waals surface area contributed by atoms with Crippen molar-refractivity contribution in [2.75, 3.05) is 5.75 Å². The molecule has 0 unspecified atom stereocenters. The maximum atomic E-state index is 12.7. The first-order valence-corrected chi connectivity index (χ1v) is 12.6. The average Bonchev–Trinajstić information content (AvgIpc) is 3.35. The number of nitrogens with one attached hydrogen (secondary N) is 1. The Morgan fingerprint density at radius 1 is 0.889 bits per heavy atom. The second kappa shape index (κ2) is 10.6. The van der Waals surface area contributed by atoms with Crippen LogP contribution in [-0.2, 0) is 4.79 Å². The van der Waals surface area contributed by atoms with Crippen LogP contribution in [-0.4, -0.2) is 32.1 Å². The van der Waals surface area contributed by atoms with E-state index < -0.39 is 0 Å². The van der Waals surface area contributed by atoms with Crippen LogP contribution in [0.2, 0.25) is 0 Å². The first-order valence-electron chi connectivity index (χ1n) is 11.6. The van der Waals surface area contributed by atoms with Gasteiger partial charge in [0, 0.05) is 16.8 Å². The van der Waals surface area contributed by atoms with Crippen molar-refractivity contribution >= 4 is 34.2 Å². The molecule has 0 saturated carbocycles. The number of nitrogens with zero attached hydrogens (tertiary/aromatic N) is 4. The molecule has 6 nitrogen and oxygen atoms in total. The molecular formula is C29H25N5OS. The van der Waals surface area contributed by atoms with Gasteiger partial charge in [0.2, 0.25) is 0 Å². The van der Waals surface area contributed by atoms with Gasteiger partial charge in [-0.05, 0) is 36.8 Å². The predicted octanol–water partition coefficient (Wildman–Crippen LogP) is 6.03. The van der Waals surface area contributed by atoms with Gasteiger partial charge in [-0.25, -0.2) is 5.43 Å². The summed E-state index contributed by atoms with van der Waals surface area (Å²) in [4.78, 5) is 12.7. The van der Waals surface area contributed by atoms with E-state index >= 15 is 0 Å². The number of carbonyl (C=O) groups excluding carboxylic acids is 1. The van der Waals surface area contributed by atoms with Crippen molar-refractivity contribution in [2.45, 2.75) is 19.0 Å². The van der Waals surface area contributed by atoms with Crippen molar-refractivity contribution < 1.29 is 4.79 Å². The van der Waals surface area contributed by atoms with E-state index in [1.165, 1.54) is 17.3 Å². The fourth-order valence-electron chi connectivity index (χ4n) is 3.97. The van der Waals surface area contributed by atoms with E-state index in [2.05, 4.69) is 58.0 Å². The summed E-state index contributed by atoms with van der Waals surface area (Å²) in [5.74, 6) is 0.679. The summed E-state index contributed by atoms with van der Waals surface area (Å²) in [6.07, 6.45) is 0. The molecule has 0 aliphatic heterocycles. The number of aryl methyl sites for hydroxylation is 1. The van der Waals surface area contributed by atoms with Crippen LogP contribution in [0.3, 0.4) is 0 Å². The molecule has 4 aromatic carbocycles. The summed E-state index contributed by atoms with van der Waals surface area (Å²) in [6.45, 7) is 3.95. The Labute approximate surface area is 214 Å². The van der Waals surface area contributed by atoms with Crippen LogP contribution in [0.15, 0.2) is 107 Å². The number of thioether (sulfide) groups is 1. The first kappa shape index (κ1) is 23.5.